The van der Waals surface area contributed by atoms with Crippen LogP contribution >= 0.6 is 0 Å². The lowest BCUT2D eigenvalue weighted by Crippen LogP contribution is -2.34. The van der Waals surface area contributed by atoms with Crippen LogP contribution in [0.25, 0.3) is 33.3 Å². The fourth-order valence-electron chi connectivity index (χ4n) is 4.77. The molecule has 1 N–H and O–H groups in total. The molecule has 5 rings (SSSR count). The number of alkyl halides is 2. The molecule has 0 saturated heterocycles. The molecule has 37 heavy (non-hydrogen) atoms. The van der Waals surface area contributed by atoms with E-state index in [2.05, 4.69) is 21.6 Å². The molecule has 2 aromatic heterocycles. The van der Waals surface area contributed by atoms with Crippen molar-refractivity contribution in [3.05, 3.63) is 53.3 Å². The number of halogens is 2. The standard InChI is InChI=1S/C26H24F2N6O3/c1-14-11-30-25(35)23-19(14)7-16(9-21(23)37-26(27)28)24-22-17(10-29)6-15(8-20(22)32-33(24)2)18-12-31-34(13-18)4-5-36-3/h6-9,12-14,26H,4-5,11H2,1-3H3,(H,30,35). The molecule has 3 heterocycles. The maximum Gasteiger partial charge on any atom is 0.387 e. The molecule has 1 amide bonds. The number of hydrogen-bond acceptors (Lipinski definition) is 6. The minimum atomic E-state index is -3.10. The first-order valence-electron chi connectivity index (χ1n) is 11.6. The monoisotopic (exact) mass is 506 g/mol. The number of hydrogen-bond donors (Lipinski definition) is 1. The van der Waals surface area contributed by atoms with Crippen molar-refractivity contribution in [1.29, 1.82) is 5.26 Å². The summed E-state index contributed by atoms with van der Waals surface area (Å²) in [4.78, 5) is 12.5. The largest absolute Gasteiger partial charge is 0.434 e. The number of carbonyl (C=O) groups excluding carboxylic acids is 1. The van der Waals surface area contributed by atoms with Gasteiger partial charge in [0.2, 0.25) is 0 Å². The smallest absolute Gasteiger partial charge is 0.387 e. The number of nitrogens with zero attached hydrogens (tertiary/aromatic N) is 5. The van der Waals surface area contributed by atoms with Gasteiger partial charge in [-0.05, 0) is 41.3 Å². The van der Waals surface area contributed by atoms with Gasteiger partial charge in [0.1, 0.15) is 5.75 Å². The molecule has 0 spiro atoms. The number of aromatic nitrogens is 4. The van der Waals surface area contributed by atoms with E-state index in [4.69, 9.17) is 9.47 Å². The summed E-state index contributed by atoms with van der Waals surface area (Å²) in [5, 5.41) is 22.3. The lowest BCUT2D eigenvalue weighted by Gasteiger charge is -2.25. The first kappa shape index (κ1) is 24.4. The maximum absolute atomic E-state index is 13.3. The lowest BCUT2D eigenvalue weighted by molar-refractivity contribution is -0.0502. The van der Waals surface area contributed by atoms with Crippen molar-refractivity contribution in [2.45, 2.75) is 26.0 Å². The van der Waals surface area contributed by atoms with Crippen LogP contribution in [0.5, 0.6) is 5.75 Å². The molecule has 0 aliphatic carbocycles. The quantitative estimate of drug-likeness (QED) is 0.405. The van der Waals surface area contributed by atoms with Crippen LogP contribution < -0.4 is 10.1 Å². The third kappa shape index (κ3) is 4.40. The van der Waals surface area contributed by atoms with Crippen LogP contribution in [0, 0.1) is 11.3 Å². The highest BCUT2D eigenvalue weighted by atomic mass is 19.3. The molecular formula is C26H24F2N6O3. The van der Waals surface area contributed by atoms with Crippen LogP contribution in [0.3, 0.4) is 0 Å². The van der Waals surface area contributed by atoms with Crippen molar-refractivity contribution in [3.8, 4) is 34.2 Å². The molecule has 2 aromatic carbocycles. The molecule has 9 nitrogen and oxygen atoms in total. The van der Waals surface area contributed by atoms with E-state index in [1.54, 1.807) is 41.9 Å². The van der Waals surface area contributed by atoms with Gasteiger partial charge in [-0.3, -0.25) is 14.2 Å². The van der Waals surface area contributed by atoms with Crippen LogP contribution in [0.4, 0.5) is 8.78 Å². The Bertz CT molecular complexity index is 1550. The SMILES string of the molecule is COCCn1cc(-c2cc(C#N)c3c(-c4cc(OC(F)F)c5c(c4)C(C)CNC5=O)n(C)nc3c2)cn1. The van der Waals surface area contributed by atoms with Crippen molar-refractivity contribution in [3.63, 3.8) is 0 Å². The minimum Gasteiger partial charge on any atom is -0.434 e. The second-order valence-electron chi connectivity index (χ2n) is 8.92. The number of benzene rings is 2. The molecule has 1 unspecified atom stereocenters. The predicted octanol–water partition coefficient (Wildman–Crippen LogP) is 4.07. The van der Waals surface area contributed by atoms with E-state index in [0.29, 0.717) is 53.0 Å². The van der Waals surface area contributed by atoms with Gasteiger partial charge in [0.15, 0.2) is 0 Å². The first-order valence-corrected chi connectivity index (χ1v) is 11.6. The second kappa shape index (κ2) is 9.63. The number of rotatable bonds is 7. The Morgan fingerprint density at radius 2 is 2.05 bits per heavy atom. The fourth-order valence-corrected chi connectivity index (χ4v) is 4.77. The van der Waals surface area contributed by atoms with E-state index in [1.807, 2.05) is 19.2 Å². The second-order valence-corrected chi connectivity index (χ2v) is 8.92. The molecule has 0 fully saturated rings. The Hall–Kier alpha value is -4.30. The van der Waals surface area contributed by atoms with E-state index < -0.39 is 12.5 Å². The van der Waals surface area contributed by atoms with Gasteiger partial charge < -0.3 is 14.8 Å². The molecule has 0 bridgehead atoms. The zero-order chi connectivity index (χ0) is 26.3. The highest BCUT2D eigenvalue weighted by molar-refractivity contribution is 6.03. The number of ether oxygens (including phenoxy) is 2. The summed E-state index contributed by atoms with van der Waals surface area (Å²) in [6.45, 7) is 0.283. The van der Waals surface area contributed by atoms with E-state index in [9.17, 15) is 18.8 Å². The summed E-state index contributed by atoms with van der Waals surface area (Å²) in [5.74, 6) is -0.790. The van der Waals surface area contributed by atoms with Gasteiger partial charge in [-0.2, -0.15) is 24.2 Å². The maximum atomic E-state index is 13.3. The summed E-state index contributed by atoms with van der Waals surface area (Å²) in [7, 11) is 3.35. The third-order valence-corrected chi connectivity index (χ3v) is 6.50. The molecule has 0 saturated carbocycles. The number of aryl methyl sites for hydroxylation is 1. The normalized spacial score (nSPS) is 15.1. The van der Waals surface area contributed by atoms with Crippen LogP contribution in [-0.2, 0) is 18.3 Å². The third-order valence-electron chi connectivity index (χ3n) is 6.50. The molecule has 0 radical (unpaired) electrons. The first-order chi connectivity index (χ1) is 17.8. The Morgan fingerprint density at radius 1 is 1.24 bits per heavy atom. The van der Waals surface area contributed by atoms with E-state index in [-0.39, 0.29) is 17.2 Å². The topological polar surface area (TPSA) is 107 Å². The summed E-state index contributed by atoms with van der Waals surface area (Å²) >= 11 is 0. The number of fused-ring (bicyclic) bond motifs is 2. The molecular weight excluding hydrogens is 482 g/mol. The summed E-state index contributed by atoms with van der Waals surface area (Å²) in [6.07, 6.45) is 3.58. The number of nitrogens with one attached hydrogen (secondary N) is 1. The Morgan fingerprint density at radius 3 is 2.78 bits per heavy atom. The number of carbonyl (C=O) groups is 1. The van der Waals surface area contributed by atoms with Crippen molar-refractivity contribution in [2.24, 2.45) is 7.05 Å². The van der Waals surface area contributed by atoms with Crippen LogP contribution in [0.15, 0.2) is 36.7 Å². The zero-order valence-electron chi connectivity index (χ0n) is 20.5. The molecule has 1 aliphatic rings. The number of amides is 1. The van der Waals surface area contributed by atoms with Crippen LogP contribution in [0.2, 0.25) is 0 Å². The van der Waals surface area contributed by atoms with Crippen LogP contribution in [0.1, 0.15) is 34.3 Å². The number of methoxy groups -OCH3 is 1. The van der Waals surface area contributed by atoms with E-state index >= 15 is 0 Å². The predicted molar refractivity (Wildman–Crippen MR) is 131 cm³/mol. The van der Waals surface area contributed by atoms with Crippen molar-refractivity contribution in [2.75, 3.05) is 20.3 Å². The van der Waals surface area contributed by atoms with Crippen molar-refractivity contribution >= 4 is 16.8 Å². The van der Waals surface area contributed by atoms with Crippen molar-refractivity contribution < 1.29 is 23.0 Å². The van der Waals surface area contributed by atoms with Gasteiger partial charge in [-0.1, -0.05) is 6.92 Å². The van der Waals surface area contributed by atoms with Gasteiger partial charge >= 0.3 is 6.61 Å². The molecule has 1 aliphatic heterocycles. The molecule has 4 aromatic rings. The van der Waals surface area contributed by atoms with Gasteiger partial charge in [-0.25, -0.2) is 0 Å². The van der Waals surface area contributed by atoms with E-state index in [1.165, 1.54) is 6.07 Å². The minimum absolute atomic E-state index is 0.0996. The summed E-state index contributed by atoms with van der Waals surface area (Å²) in [6, 6.07) is 9.08. The van der Waals surface area contributed by atoms with Gasteiger partial charge in [0.25, 0.3) is 5.91 Å². The van der Waals surface area contributed by atoms with Gasteiger partial charge in [-0.15, -0.1) is 0 Å². The Balaban J connectivity index is 1.68. The molecule has 190 valence electrons. The molecule has 11 heteroatoms. The summed E-state index contributed by atoms with van der Waals surface area (Å²) in [5.41, 5.74) is 4.33. The highest BCUT2D eigenvalue weighted by Crippen LogP contribution is 2.40. The highest BCUT2D eigenvalue weighted by Gasteiger charge is 2.29. The van der Waals surface area contributed by atoms with E-state index in [0.717, 1.165) is 11.1 Å². The Labute approximate surface area is 211 Å². The van der Waals surface area contributed by atoms with Gasteiger partial charge in [0.05, 0.1) is 47.8 Å². The average Bonchev–Trinajstić information content (AvgIpc) is 3.47. The van der Waals surface area contributed by atoms with Gasteiger partial charge in [0, 0.05) is 43.4 Å². The summed E-state index contributed by atoms with van der Waals surface area (Å²) < 4.78 is 39.8. The average molecular weight is 507 g/mol. The Kier molecular flexibility index (Phi) is 6.35. The lowest BCUT2D eigenvalue weighted by atomic mass is 9.88. The van der Waals surface area contributed by atoms with Crippen molar-refractivity contribution in [1.82, 2.24) is 24.9 Å². The van der Waals surface area contributed by atoms with Crippen LogP contribution in [-0.4, -0.2) is 52.3 Å². The molecule has 1 atom stereocenters. The zero-order valence-corrected chi connectivity index (χ0v) is 20.5. The fraction of sp³-hybridized carbons (Fsp3) is 0.308. The number of nitriles is 1.